The van der Waals surface area contributed by atoms with Crippen LogP contribution < -0.4 is 9.47 Å². The van der Waals surface area contributed by atoms with E-state index in [4.69, 9.17) is 9.47 Å². The van der Waals surface area contributed by atoms with E-state index in [0.717, 1.165) is 18.5 Å². The summed E-state index contributed by atoms with van der Waals surface area (Å²) in [6, 6.07) is 3.33. The van der Waals surface area contributed by atoms with Gasteiger partial charge in [-0.15, -0.1) is 0 Å². The van der Waals surface area contributed by atoms with Crippen molar-refractivity contribution in [2.45, 2.75) is 31.3 Å². The van der Waals surface area contributed by atoms with Gasteiger partial charge in [-0.1, -0.05) is 23.8 Å². The van der Waals surface area contributed by atoms with Crippen molar-refractivity contribution in [3.8, 4) is 11.5 Å². The van der Waals surface area contributed by atoms with E-state index in [1.54, 1.807) is 6.07 Å². The highest BCUT2D eigenvalue weighted by Crippen LogP contribution is 2.48. The van der Waals surface area contributed by atoms with Gasteiger partial charge in [-0.2, -0.15) is 4.39 Å². The molecule has 0 saturated carbocycles. The van der Waals surface area contributed by atoms with Crippen LogP contribution in [0.1, 0.15) is 18.9 Å². The summed E-state index contributed by atoms with van der Waals surface area (Å²) in [5.74, 6) is -0.568. The van der Waals surface area contributed by atoms with Crippen LogP contribution in [0.5, 0.6) is 11.5 Å². The minimum atomic E-state index is -1.93. The third-order valence-electron chi connectivity index (χ3n) is 4.92. The van der Waals surface area contributed by atoms with Crippen LogP contribution in [0.25, 0.3) is 0 Å². The Morgan fingerprint density at radius 3 is 2.95 bits per heavy atom. The lowest BCUT2D eigenvalue weighted by atomic mass is 9.71. The van der Waals surface area contributed by atoms with Crippen molar-refractivity contribution in [2.75, 3.05) is 13.6 Å². The van der Waals surface area contributed by atoms with Crippen molar-refractivity contribution in [2.24, 2.45) is 0 Å². The lowest BCUT2D eigenvalue weighted by Crippen LogP contribution is -2.40. The largest absolute Gasteiger partial charge is 0.425 e. The minimum absolute atomic E-state index is 0.137. The van der Waals surface area contributed by atoms with Gasteiger partial charge in [0.25, 0.3) is 0 Å². The van der Waals surface area contributed by atoms with Crippen LogP contribution in [0, 0.1) is 5.82 Å². The highest BCUT2D eigenvalue weighted by atomic mass is 19.2. The molecule has 1 aliphatic carbocycles. The lowest BCUT2D eigenvalue weighted by molar-refractivity contribution is -0.0663. The summed E-state index contributed by atoms with van der Waals surface area (Å²) in [6.07, 6.45) is 7.29. The van der Waals surface area contributed by atoms with E-state index in [-0.39, 0.29) is 23.0 Å². The summed E-state index contributed by atoms with van der Waals surface area (Å²) in [4.78, 5) is 2.26. The second-order valence-corrected chi connectivity index (χ2v) is 6.26. The number of likely N-dealkylation sites (N-methyl/N-ethyl adjacent to an activating group) is 1. The molecule has 2 heterocycles. The van der Waals surface area contributed by atoms with Gasteiger partial charge in [0.2, 0.25) is 5.75 Å². The molecule has 3 aliphatic rings. The first-order valence-electron chi connectivity index (χ1n) is 7.39. The second-order valence-electron chi connectivity index (χ2n) is 6.26. The number of benzene rings is 1. The number of likely N-dealkylation sites (tertiary alicyclic amines) is 1. The van der Waals surface area contributed by atoms with Gasteiger partial charge in [-0.3, -0.25) is 4.90 Å². The Morgan fingerprint density at radius 2 is 2.14 bits per heavy atom. The summed E-state index contributed by atoms with van der Waals surface area (Å²) in [7, 11) is 2.07. The maximum atomic E-state index is 14.3. The summed E-state index contributed by atoms with van der Waals surface area (Å²) in [5, 5.41) is 0. The number of halogens is 2. The molecule has 0 spiro atoms. The van der Waals surface area contributed by atoms with Crippen molar-refractivity contribution in [3.05, 3.63) is 47.3 Å². The van der Waals surface area contributed by atoms with Crippen molar-refractivity contribution in [1.29, 1.82) is 0 Å². The monoisotopic (exact) mass is 305 g/mol. The summed E-state index contributed by atoms with van der Waals surface area (Å²) < 4.78 is 37.1. The highest BCUT2D eigenvalue weighted by Gasteiger charge is 2.46. The zero-order chi connectivity index (χ0) is 15.5. The van der Waals surface area contributed by atoms with Gasteiger partial charge in [-0.25, -0.2) is 4.39 Å². The number of fused-ring (bicyclic) bond motifs is 2. The van der Waals surface area contributed by atoms with E-state index >= 15 is 0 Å². The summed E-state index contributed by atoms with van der Waals surface area (Å²) in [6.45, 7) is 1.05. The standard InChI is InChI=1S/C17H17F2NO2/c1-10-3-4-17(5-6-20(2)14(17)7-10)11-8-12(18)15-13(9-11)21-16(19)22-15/h3-4,7-9,14,16H,5-6H2,1-2H3/t14-,16?,17-/m0/s1. The molecule has 1 aromatic rings. The first-order chi connectivity index (χ1) is 10.5. The molecule has 1 aromatic carbocycles. The average Bonchev–Trinajstić information content (AvgIpc) is 3.01. The number of alkyl halides is 1. The Bertz CT molecular complexity index is 700. The Balaban J connectivity index is 1.84. The predicted molar refractivity (Wildman–Crippen MR) is 78.2 cm³/mol. The average molecular weight is 305 g/mol. The molecule has 5 heteroatoms. The fraction of sp³-hybridized carbons (Fsp3) is 0.412. The van der Waals surface area contributed by atoms with Crippen LogP contribution in [-0.2, 0) is 5.41 Å². The van der Waals surface area contributed by atoms with Gasteiger partial charge in [0.15, 0.2) is 11.6 Å². The summed E-state index contributed by atoms with van der Waals surface area (Å²) in [5.41, 5.74) is 1.69. The number of nitrogens with zero attached hydrogens (tertiary/aromatic N) is 1. The van der Waals surface area contributed by atoms with Crippen molar-refractivity contribution < 1.29 is 18.3 Å². The molecule has 3 atom stereocenters. The summed E-state index contributed by atoms with van der Waals surface area (Å²) >= 11 is 0. The smallest absolute Gasteiger partial charge is 0.397 e. The normalized spacial score (nSPS) is 33.0. The molecule has 1 saturated heterocycles. The van der Waals surface area contributed by atoms with Crippen LogP contribution in [0.15, 0.2) is 35.9 Å². The first-order valence-corrected chi connectivity index (χ1v) is 7.39. The Kier molecular flexibility index (Phi) is 2.85. The van der Waals surface area contributed by atoms with Crippen molar-refractivity contribution in [3.63, 3.8) is 0 Å². The fourth-order valence-electron chi connectivity index (χ4n) is 3.75. The quantitative estimate of drug-likeness (QED) is 0.794. The highest BCUT2D eigenvalue weighted by molar-refractivity contribution is 5.52. The lowest BCUT2D eigenvalue weighted by Gasteiger charge is -2.36. The van der Waals surface area contributed by atoms with E-state index in [1.807, 2.05) is 0 Å². The maximum Gasteiger partial charge on any atom is 0.397 e. The third-order valence-corrected chi connectivity index (χ3v) is 4.92. The number of hydrogen-bond donors (Lipinski definition) is 0. The molecular weight excluding hydrogens is 288 g/mol. The predicted octanol–water partition coefficient (Wildman–Crippen LogP) is 3.31. The third kappa shape index (κ3) is 1.81. The molecule has 0 amide bonds. The van der Waals surface area contributed by atoms with E-state index in [2.05, 4.69) is 37.1 Å². The molecule has 22 heavy (non-hydrogen) atoms. The van der Waals surface area contributed by atoms with Crippen LogP contribution in [0.3, 0.4) is 0 Å². The van der Waals surface area contributed by atoms with E-state index in [0.29, 0.717) is 0 Å². The molecule has 0 aromatic heterocycles. The molecule has 116 valence electrons. The molecule has 0 bridgehead atoms. The minimum Gasteiger partial charge on any atom is -0.425 e. The van der Waals surface area contributed by atoms with E-state index < -0.39 is 12.4 Å². The topological polar surface area (TPSA) is 21.7 Å². The number of ether oxygens (including phenoxy) is 2. The Morgan fingerprint density at radius 1 is 1.32 bits per heavy atom. The molecule has 1 unspecified atom stereocenters. The molecule has 0 radical (unpaired) electrons. The fourth-order valence-corrected chi connectivity index (χ4v) is 3.75. The van der Waals surface area contributed by atoms with Gasteiger partial charge in [0.05, 0.1) is 0 Å². The second kappa shape index (κ2) is 4.56. The molecule has 0 N–H and O–H groups in total. The number of hydrogen-bond acceptors (Lipinski definition) is 3. The first kappa shape index (κ1) is 13.8. The number of rotatable bonds is 1. The van der Waals surface area contributed by atoms with Gasteiger partial charge >= 0.3 is 6.54 Å². The van der Waals surface area contributed by atoms with Crippen molar-refractivity contribution >= 4 is 0 Å². The molecular formula is C17H17F2NO2. The van der Waals surface area contributed by atoms with Gasteiger partial charge in [0, 0.05) is 11.5 Å². The zero-order valence-corrected chi connectivity index (χ0v) is 12.5. The number of allylic oxidation sites excluding steroid dienone is 2. The van der Waals surface area contributed by atoms with Gasteiger partial charge < -0.3 is 9.47 Å². The van der Waals surface area contributed by atoms with Crippen LogP contribution >= 0.6 is 0 Å². The SMILES string of the molecule is CC1=C[C@@H]2N(C)CC[C@]2(c2cc(F)c3c(c2)OC(F)O3)C=C1. The van der Waals surface area contributed by atoms with Crippen molar-refractivity contribution in [1.82, 2.24) is 4.90 Å². The van der Waals surface area contributed by atoms with Crippen LogP contribution in [-0.4, -0.2) is 31.1 Å². The van der Waals surface area contributed by atoms with Gasteiger partial charge in [-0.05, 0) is 44.6 Å². The molecule has 2 aliphatic heterocycles. The molecule has 4 rings (SSSR count). The molecule has 1 fully saturated rings. The molecule has 3 nitrogen and oxygen atoms in total. The van der Waals surface area contributed by atoms with E-state index in [1.165, 1.54) is 11.6 Å². The van der Waals surface area contributed by atoms with Crippen LogP contribution in [0.4, 0.5) is 8.78 Å². The van der Waals surface area contributed by atoms with Gasteiger partial charge in [0.1, 0.15) is 0 Å². The zero-order valence-electron chi connectivity index (χ0n) is 12.5. The Labute approximate surface area is 127 Å². The van der Waals surface area contributed by atoms with E-state index in [9.17, 15) is 8.78 Å². The maximum absolute atomic E-state index is 14.3. The Hall–Kier alpha value is -1.88. The van der Waals surface area contributed by atoms with Crippen LogP contribution in [0.2, 0.25) is 0 Å².